The number of aryl methyl sites for hydroxylation is 1. The normalized spacial score (nSPS) is 11.1. The molecule has 5 heteroatoms. The minimum Gasteiger partial charge on any atom is -0.329 e. The number of nitrogens with one attached hydrogen (secondary N) is 2. The van der Waals surface area contributed by atoms with Crippen LogP contribution in [0.2, 0.25) is 0 Å². The summed E-state index contributed by atoms with van der Waals surface area (Å²) >= 11 is 3.43. The Morgan fingerprint density at radius 2 is 1.77 bits per heavy atom. The van der Waals surface area contributed by atoms with Gasteiger partial charge in [0.2, 0.25) is 0 Å². The number of halogens is 2. The molecule has 0 aliphatic carbocycles. The Morgan fingerprint density at radius 3 is 2.36 bits per heavy atom. The second-order valence-corrected chi connectivity index (χ2v) is 6.53. The van der Waals surface area contributed by atoms with Gasteiger partial charge in [0.15, 0.2) is 0 Å². The molecule has 2 rings (SSSR count). The highest BCUT2D eigenvalue weighted by molar-refractivity contribution is 9.10. The maximum atomic E-state index is 13.0. The first-order valence-corrected chi connectivity index (χ1v) is 7.68. The van der Waals surface area contributed by atoms with Crippen LogP contribution in [0.25, 0.3) is 0 Å². The van der Waals surface area contributed by atoms with Gasteiger partial charge in [0, 0.05) is 10.2 Å². The fourth-order valence-electron chi connectivity index (χ4n) is 2.06. The van der Waals surface area contributed by atoms with Crippen LogP contribution < -0.4 is 10.6 Å². The summed E-state index contributed by atoms with van der Waals surface area (Å²) in [4.78, 5) is 12.2. The van der Waals surface area contributed by atoms with Crippen molar-refractivity contribution in [3.8, 4) is 0 Å². The molecule has 0 bridgehead atoms. The first-order valence-electron chi connectivity index (χ1n) is 6.89. The molecule has 2 aromatic carbocycles. The monoisotopic (exact) mass is 364 g/mol. The van der Waals surface area contributed by atoms with Crippen LogP contribution >= 0.6 is 15.9 Å². The summed E-state index contributed by atoms with van der Waals surface area (Å²) < 4.78 is 13.9. The number of rotatable bonds is 3. The lowest BCUT2D eigenvalue weighted by Crippen LogP contribution is -2.43. The Balaban J connectivity index is 2.07. The number of urea groups is 1. The van der Waals surface area contributed by atoms with E-state index >= 15 is 0 Å². The molecule has 0 spiro atoms. The number of anilines is 1. The maximum absolute atomic E-state index is 13.0. The Labute approximate surface area is 138 Å². The van der Waals surface area contributed by atoms with Crippen molar-refractivity contribution >= 4 is 27.6 Å². The smallest absolute Gasteiger partial charge is 0.319 e. The van der Waals surface area contributed by atoms with Gasteiger partial charge in [-0.3, -0.25) is 0 Å². The molecule has 0 aliphatic rings. The van der Waals surface area contributed by atoms with Gasteiger partial charge in [0.1, 0.15) is 5.82 Å². The van der Waals surface area contributed by atoms with Crippen molar-refractivity contribution in [3.63, 3.8) is 0 Å². The lowest BCUT2D eigenvalue weighted by molar-refractivity contribution is 0.242. The van der Waals surface area contributed by atoms with Crippen LogP contribution in [0.3, 0.4) is 0 Å². The molecule has 0 aromatic heterocycles. The van der Waals surface area contributed by atoms with E-state index in [0.29, 0.717) is 5.69 Å². The molecule has 0 unspecified atom stereocenters. The highest BCUT2D eigenvalue weighted by Crippen LogP contribution is 2.22. The van der Waals surface area contributed by atoms with E-state index in [0.717, 1.165) is 15.6 Å². The van der Waals surface area contributed by atoms with Crippen LogP contribution in [-0.2, 0) is 5.54 Å². The van der Waals surface area contributed by atoms with E-state index in [2.05, 4.69) is 26.6 Å². The second kappa shape index (κ2) is 6.48. The van der Waals surface area contributed by atoms with Crippen LogP contribution in [-0.4, -0.2) is 6.03 Å². The number of benzene rings is 2. The molecule has 0 saturated carbocycles. The summed E-state index contributed by atoms with van der Waals surface area (Å²) in [7, 11) is 0. The molecule has 2 amide bonds. The van der Waals surface area contributed by atoms with E-state index in [4.69, 9.17) is 0 Å². The Morgan fingerprint density at radius 1 is 1.14 bits per heavy atom. The summed E-state index contributed by atoms with van der Waals surface area (Å²) in [5.41, 5.74) is 2.01. The molecular formula is C17H18BrFN2O. The molecule has 116 valence electrons. The van der Waals surface area contributed by atoms with Crippen molar-refractivity contribution in [1.82, 2.24) is 5.32 Å². The standard InChI is InChI=1S/C17H18BrFN2O/c1-11-4-9-14(10-15(11)18)20-16(22)21-17(2,3)12-5-7-13(19)8-6-12/h4-10H,1-3H3,(H2,20,21,22). The topological polar surface area (TPSA) is 41.1 Å². The average molecular weight is 365 g/mol. The first kappa shape index (κ1) is 16.5. The molecule has 22 heavy (non-hydrogen) atoms. The Kier molecular flexibility index (Phi) is 4.86. The molecule has 3 nitrogen and oxygen atoms in total. The van der Waals surface area contributed by atoms with Gasteiger partial charge in [-0.05, 0) is 56.2 Å². The highest BCUT2D eigenvalue weighted by atomic mass is 79.9. The van der Waals surface area contributed by atoms with E-state index in [1.165, 1.54) is 12.1 Å². The molecule has 2 N–H and O–H groups in total. The van der Waals surface area contributed by atoms with Crippen molar-refractivity contribution in [1.29, 1.82) is 0 Å². The molecule has 0 atom stereocenters. The summed E-state index contributed by atoms with van der Waals surface area (Å²) in [6, 6.07) is 11.4. The summed E-state index contributed by atoms with van der Waals surface area (Å²) in [5, 5.41) is 5.68. The fourth-order valence-corrected chi connectivity index (χ4v) is 2.43. The summed E-state index contributed by atoms with van der Waals surface area (Å²) in [6.07, 6.45) is 0. The quantitative estimate of drug-likeness (QED) is 0.794. The number of carbonyl (C=O) groups is 1. The summed E-state index contributed by atoms with van der Waals surface area (Å²) in [5.74, 6) is -0.298. The highest BCUT2D eigenvalue weighted by Gasteiger charge is 2.22. The average Bonchev–Trinajstić information content (AvgIpc) is 2.42. The van der Waals surface area contributed by atoms with Crippen LogP contribution in [0.15, 0.2) is 46.9 Å². The molecule has 0 radical (unpaired) electrons. The number of carbonyl (C=O) groups excluding carboxylic acids is 1. The minimum atomic E-state index is -0.611. The van der Waals surface area contributed by atoms with Gasteiger partial charge in [-0.1, -0.05) is 34.1 Å². The van der Waals surface area contributed by atoms with Gasteiger partial charge in [-0.15, -0.1) is 0 Å². The van der Waals surface area contributed by atoms with Gasteiger partial charge >= 0.3 is 6.03 Å². The molecule has 0 fully saturated rings. The molecule has 0 heterocycles. The predicted octanol–water partition coefficient (Wildman–Crippen LogP) is 4.95. The van der Waals surface area contributed by atoms with Gasteiger partial charge in [0.25, 0.3) is 0 Å². The van der Waals surface area contributed by atoms with E-state index in [-0.39, 0.29) is 11.8 Å². The lowest BCUT2D eigenvalue weighted by Gasteiger charge is -2.27. The minimum absolute atomic E-state index is 0.298. The number of hydrogen-bond donors (Lipinski definition) is 2. The zero-order valence-corrected chi connectivity index (χ0v) is 14.3. The summed E-state index contributed by atoms with van der Waals surface area (Å²) in [6.45, 7) is 5.71. The SMILES string of the molecule is Cc1ccc(NC(=O)NC(C)(C)c2ccc(F)cc2)cc1Br. The maximum Gasteiger partial charge on any atom is 0.319 e. The molecule has 0 aliphatic heterocycles. The van der Waals surface area contributed by atoms with Gasteiger partial charge in [-0.25, -0.2) is 9.18 Å². The third-order valence-electron chi connectivity index (χ3n) is 3.42. The zero-order chi connectivity index (χ0) is 16.3. The van der Waals surface area contributed by atoms with Crippen molar-refractivity contribution in [3.05, 3.63) is 63.9 Å². The van der Waals surface area contributed by atoms with Crippen LogP contribution in [0.4, 0.5) is 14.9 Å². The zero-order valence-electron chi connectivity index (χ0n) is 12.7. The first-order chi connectivity index (χ1) is 10.3. The fraction of sp³-hybridized carbons (Fsp3) is 0.235. The third-order valence-corrected chi connectivity index (χ3v) is 4.28. The third kappa shape index (κ3) is 4.07. The van der Waals surface area contributed by atoms with E-state index in [9.17, 15) is 9.18 Å². The predicted molar refractivity (Wildman–Crippen MR) is 90.5 cm³/mol. The van der Waals surface area contributed by atoms with Crippen molar-refractivity contribution in [2.45, 2.75) is 26.3 Å². The van der Waals surface area contributed by atoms with Gasteiger partial charge in [-0.2, -0.15) is 0 Å². The molecule has 0 saturated heterocycles. The van der Waals surface area contributed by atoms with Crippen LogP contribution in [0.1, 0.15) is 25.0 Å². The van der Waals surface area contributed by atoms with E-state index in [1.807, 2.05) is 39.0 Å². The van der Waals surface area contributed by atoms with E-state index in [1.54, 1.807) is 12.1 Å². The Hall–Kier alpha value is -1.88. The van der Waals surface area contributed by atoms with E-state index < -0.39 is 5.54 Å². The number of amides is 2. The van der Waals surface area contributed by atoms with Crippen LogP contribution in [0.5, 0.6) is 0 Å². The van der Waals surface area contributed by atoms with Gasteiger partial charge < -0.3 is 10.6 Å². The lowest BCUT2D eigenvalue weighted by atomic mass is 9.94. The number of hydrogen-bond acceptors (Lipinski definition) is 1. The van der Waals surface area contributed by atoms with Crippen molar-refractivity contribution in [2.24, 2.45) is 0 Å². The van der Waals surface area contributed by atoms with Crippen LogP contribution in [0, 0.1) is 12.7 Å². The Bertz CT molecular complexity index is 684. The molecular weight excluding hydrogens is 347 g/mol. The van der Waals surface area contributed by atoms with Gasteiger partial charge in [0.05, 0.1) is 5.54 Å². The molecule has 2 aromatic rings. The van der Waals surface area contributed by atoms with Crippen molar-refractivity contribution in [2.75, 3.05) is 5.32 Å². The largest absolute Gasteiger partial charge is 0.329 e. The second-order valence-electron chi connectivity index (χ2n) is 5.67. The van der Waals surface area contributed by atoms with Crippen molar-refractivity contribution < 1.29 is 9.18 Å².